The first-order chi connectivity index (χ1) is 10.8. The number of aliphatic carboxylic acids is 1. The van der Waals surface area contributed by atoms with E-state index in [-0.39, 0.29) is 31.5 Å². The molecule has 2 rings (SSSR count). The van der Waals surface area contributed by atoms with E-state index in [1.807, 2.05) is 0 Å². The zero-order chi connectivity index (χ0) is 17.0. The third-order valence-corrected chi connectivity index (χ3v) is 4.17. The number of likely N-dealkylation sites (tertiary alicyclic amines) is 1. The molecule has 126 valence electrons. The van der Waals surface area contributed by atoms with Crippen molar-refractivity contribution >= 4 is 11.9 Å². The fraction of sp³-hybridized carbons (Fsp3) is 0.500. The highest BCUT2D eigenvalue weighted by Crippen LogP contribution is 2.38. The van der Waals surface area contributed by atoms with Gasteiger partial charge in [-0.25, -0.2) is 0 Å². The number of nitrogens with zero attached hydrogens (tertiary/aromatic N) is 1. The average Bonchev–Trinajstić information content (AvgIpc) is 2.52. The van der Waals surface area contributed by atoms with Gasteiger partial charge >= 0.3 is 12.1 Å². The number of carboxylic acid groups (broad SMARTS) is 1. The molecule has 1 aromatic rings. The monoisotopic (exact) mass is 329 g/mol. The first-order valence-corrected chi connectivity index (χ1v) is 7.41. The van der Waals surface area contributed by atoms with Gasteiger partial charge in [-0.2, -0.15) is 13.2 Å². The van der Waals surface area contributed by atoms with Crippen LogP contribution in [0.5, 0.6) is 0 Å². The summed E-state index contributed by atoms with van der Waals surface area (Å²) in [6.07, 6.45) is -4.59. The molecule has 1 unspecified atom stereocenters. The van der Waals surface area contributed by atoms with Crippen molar-refractivity contribution < 1.29 is 27.9 Å². The molecule has 1 N–H and O–H groups in total. The van der Waals surface area contributed by atoms with Crippen LogP contribution in [0.15, 0.2) is 30.3 Å². The molecule has 7 heteroatoms. The number of hydrogen-bond donors (Lipinski definition) is 1. The molecule has 1 heterocycles. The third kappa shape index (κ3) is 4.46. The average molecular weight is 329 g/mol. The van der Waals surface area contributed by atoms with E-state index in [2.05, 4.69) is 0 Å². The van der Waals surface area contributed by atoms with Gasteiger partial charge in [0.2, 0.25) is 5.91 Å². The lowest BCUT2D eigenvalue weighted by atomic mass is 9.93. The summed E-state index contributed by atoms with van der Waals surface area (Å²) in [5.41, 5.74) is 0.0637. The zero-order valence-corrected chi connectivity index (χ0v) is 12.4. The Morgan fingerprint density at radius 1 is 1.17 bits per heavy atom. The van der Waals surface area contributed by atoms with Crippen molar-refractivity contribution in [3.05, 3.63) is 35.9 Å². The Labute approximate surface area is 131 Å². The molecule has 0 aliphatic carbocycles. The van der Waals surface area contributed by atoms with Crippen LogP contribution in [0.25, 0.3) is 0 Å². The van der Waals surface area contributed by atoms with Crippen molar-refractivity contribution in [3.63, 3.8) is 0 Å². The minimum absolute atomic E-state index is 0.0637. The van der Waals surface area contributed by atoms with Crippen LogP contribution in [-0.4, -0.2) is 41.1 Å². The van der Waals surface area contributed by atoms with E-state index in [4.69, 9.17) is 5.11 Å². The minimum atomic E-state index is -4.50. The summed E-state index contributed by atoms with van der Waals surface area (Å²) >= 11 is 0. The number of carbonyl (C=O) groups is 2. The fourth-order valence-corrected chi connectivity index (χ4v) is 2.79. The number of carbonyl (C=O) groups excluding carboxylic acids is 1. The van der Waals surface area contributed by atoms with Gasteiger partial charge in [-0.1, -0.05) is 30.3 Å². The first-order valence-electron chi connectivity index (χ1n) is 7.41. The molecule has 0 saturated carbocycles. The summed E-state index contributed by atoms with van der Waals surface area (Å²) in [5, 5.41) is 8.91. The molecule has 1 aliphatic rings. The normalized spacial score (nSPS) is 17.8. The molecule has 0 spiro atoms. The van der Waals surface area contributed by atoms with Crippen LogP contribution in [-0.2, 0) is 9.59 Å². The third-order valence-electron chi connectivity index (χ3n) is 4.17. The molecule has 1 aromatic carbocycles. The highest BCUT2D eigenvalue weighted by molar-refractivity contribution is 5.78. The van der Waals surface area contributed by atoms with Crippen molar-refractivity contribution in [1.29, 1.82) is 0 Å². The van der Waals surface area contributed by atoms with E-state index >= 15 is 0 Å². The standard InChI is InChI=1S/C16H18F3NO3/c17-16(18,19)13(11-4-2-1-3-5-11)10-14(21)20-8-6-12(7-9-20)15(22)23/h1-5,12-13H,6-10H2,(H,22,23). The smallest absolute Gasteiger partial charge is 0.396 e. The van der Waals surface area contributed by atoms with Crippen molar-refractivity contribution in [2.24, 2.45) is 5.92 Å². The van der Waals surface area contributed by atoms with Crippen LogP contribution in [0.4, 0.5) is 13.2 Å². The number of rotatable bonds is 4. The minimum Gasteiger partial charge on any atom is -0.481 e. The molecule has 4 nitrogen and oxygen atoms in total. The van der Waals surface area contributed by atoms with E-state index in [1.54, 1.807) is 6.07 Å². The second-order valence-electron chi connectivity index (χ2n) is 5.70. The van der Waals surface area contributed by atoms with Crippen LogP contribution in [0, 0.1) is 5.92 Å². The summed E-state index contributed by atoms with van der Waals surface area (Å²) in [7, 11) is 0. The molecule has 1 atom stereocenters. The summed E-state index contributed by atoms with van der Waals surface area (Å²) in [6.45, 7) is 0.379. The number of halogens is 3. The molecule has 23 heavy (non-hydrogen) atoms. The Bertz CT molecular complexity index is 551. The molecule has 1 fully saturated rings. The van der Waals surface area contributed by atoms with Crippen molar-refractivity contribution in [3.8, 4) is 0 Å². The first kappa shape index (κ1) is 17.3. The lowest BCUT2D eigenvalue weighted by molar-refractivity contribution is -0.161. The number of hydrogen-bond acceptors (Lipinski definition) is 2. The Balaban J connectivity index is 2.03. The summed E-state index contributed by atoms with van der Waals surface area (Å²) in [4.78, 5) is 24.4. The topological polar surface area (TPSA) is 57.6 Å². The largest absolute Gasteiger partial charge is 0.481 e. The van der Waals surface area contributed by atoms with Gasteiger partial charge in [0.05, 0.1) is 11.8 Å². The van der Waals surface area contributed by atoms with E-state index in [0.717, 1.165) is 0 Å². The highest BCUT2D eigenvalue weighted by Gasteiger charge is 2.42. The second-order valence-corrected chi connectivity index (χ2v) is 5.70. The molecule has 1 aliphatic heterocycles. The molecular weight excluding hydrogens is 311 g/mol. The molecule has 0 bridgehead atoms. The van der Waals surface area contributed by atoms with Crippen molar-refractivity contribution in [1.82, 2.24) is 4.90 Å². The molecule has 0 aromatic heterocycles. The number of alkyl halides is 3. The Kier molecular flexibility index (Phi) is 5.28. The van der Waals surface area contributed by atoms with E-state index in [9.17, 15) is 22.8 Å². The SMILES string of the molecule is O=C(O)C1CCN(C(=O)CC(c2ccccc2)C(F)(F)F)CC1. The van der Waals surface area contributed by atoms with Crippen LogP contribution >= 0.6 is 0 Å². The van der Waals surface area contributed by atoms with Gasteiger partial charge in [0.25, 0.3) is 0 Å². The number of carboxylic acids is 1. The number of benzene rings is 1. The predicted octanol–water partition coefficient (Wildman–Crippen LogP) is 3.05. The van der Waals surface area contributed by atoms with Crippen LogP contribution < -0.4 is 0 Å². The summed E-state index contributed by atoms with van der Waals surface area (Å²) < 4.78 is 39.8. The quantitative estimate of drug-likeness (QED) is 0.924. The molecule has 0 radical (unpaired) electrons. The fourth-order valence-electron chi connectivity index (χ4n) is 2.79. The van der Waals surface area contributed by atoms with Crippen molar-refractivity contribution in [2.75, 3.05) is 13.1 Å². The Morgan fingerprint density at radius 3 is 2.22 bits per heavy atom. The van der Waals surface area contributed by atoms with Gasteiger partial charge in [-0.3, -0.25) is 9.59 Å². The maximum absolute atomic E-state index is 13.3. The van der Waals surface area contributed by atoms with Gasteiger partial charge in [0.15, 0.2) is 0 Å². The van der Waals surface area contributed by atoms with E-state index < -0.39 is 36.3 Å². The number of piperidine rings is 1. The molecular formula is C16H18F3NO3. The molecule has 1 amide bonds. The zero-order valence-electron chi connectivity index (χ0n) is 12.4. The lowest BCUT2D eigenvalue weighted by Crippen LogP contribution is -2.41. The number of amides is 1. The lowest BCUT2D eigenvalue weighted by Gasteiger charge is -2.31. The van der Waals surface area contributed by atoms with Crippen LogP contribution in [0.1, 0.15) is 30.7 Å². The second kappa shape index (κ2) is 7.02. The van der Waals surface area contributed by atoms with Gasteiger partial charge in [-0.05, 0) is 18.4 Å². The van der Waals surface area contributed by atoms with Gasteiger partial charge in [0.1, 0.15) is 0 Å². The maximum atomic E-state index is 13.3. The maximum Gasteiger partial charge on any atom is 0.396 e. The van der Waals surface area contributed by atoms with E-state index in [1.165, 1.54) is 29.2 Å². The van der Waals surface area contributed by atoms with Crippen molar-refractivity contribution in [2.45, 2.75) is 31.4 Å². The van der Waals surface area contributed by atoms with E-state index in [0.29, 0.717) is 0 Å². The van der Waals surface area contributed by atoms with Crippen LogP contribution in [0.2, 0.25) is 0 Å². The molecule has 1 saturated heterocycles. The summed E-state index contributed by atoms with van der Waals surface area (Å²) in [6, 6.07) is 7.37. The van der Waals surface area contributed by atoms with Gasteiger partial charge in [-0.15, -0.1) is 0 Å². The van der Waals surface area contributed by atoms with Gasteiger partial charge < -0.3 is 10.0 Å². The van der Waals surface area contributed by atoms with Crippen LogP contribution in [0.3, 0.4) is 0 Å². The predicted molar refractivity (Wildman–Crippen MR) is 76.8 cm³/mol. The highest BCUT2D eigenvalue weighted by atomic mass is 19.4. The Hall–Kier alpha value is -2.05. The Morgan fingerprint density at radius 2 is 1.74 bits per heavy atom. The van der Waals surface area contributed by atoms with Gasteiger partial charge in [0, 0.05) is 19.5 Å². The summed E-state index contributed by atoms with van der Waals surface area (Å²) in [5.74, 6) is -3.87.